The smallest absolute Gasteiger partial charge is 0.416 e. The molecule has 1 aromatic carbocycles. The third-order valence-corrected chi connectivity index (χ3v) is 4.10. The van der Waals surface area contributed by atoms with Gasteiger partial charge in [-0.05, 0) is 40.7 Å². The van der Waals surface area contributed by atoms with Gasteiger partial charge >= 0.3 is 13.2 Å². The summed E-state index contributed by atoms with van der Waals surface area (Å²) >= 11 is 0. The maximum Gasteiger partial charge on any atom is 0.497 e. The van der Waals surface area contributed by atoms with E-state index in [-0.39, 0.29) is 16.9 Å². The van der Waals surface area contributed by atoms with Crippen LogP contribution in [-0.2, 0) is 14.0 Å². The van der Waals surface area contributed by atoms with E-state index in [2.05, 4.69) is 11.9 Å². The van der Waals surface area contributed by atoms with Crippen LogP contribution >= 0.6 is 0 Å². The van der Waals surface area contributed by atoms with Gasteiger partial charge in [0.25, 0.3) is 0 Å². The van der Waals surface area contributed by atoms with Crippen LogP contribution in [0.15, 0.2) is 24.5 Å². The van der Waals surface area contributed by atoms with Gasteiger partial charge in [0.2, 0.25) is 0 Å². The molecule has 8 heteroatoms. The van der Waals surface area contributed by atoms with E-state index >= 15 is 0 Å². The molecule has 1 fully saturated rings. The van der Waals surface area contributed by atoms with Crippen LogP contribution < -0.4 is 10.8 Å². The Morgan fingerprint density at radius 2 is 1.71 bits per heavy atom. The highest BCUT2D eigenvalue weighted by Crippen LogP contribution is 2.36. The molecule has 0 unspecified atom stereocenters. The molecule has 0 aliphatic carbocycles. The van der Waals surface area contributed by atoms with Gasteiger partial charge in [-0.15, -0.1) is 0 Å². The van der Waals surface area contributed by atoms with E-state index in [0.717, 1.165) is 6.07 Å². The van der Waals surface area contributed by atoms with E-state index in [1.807, 2.05) is 27.7 Å². The summed E-state index contributed by atoms with van der Waals surface area (Å²) in [6.07, 6.45) is -0.923. The van der Waals surface area contributed by atoms with Gasteiger partial charge in [0.1, 0.15) is 11.6 Å². The first-order valence-corrected chi connectivity index (χ1v) is 7.42. The molecular formula is C16H20BF2NO4. The van der Waals surface area contributed by atoms with Gasteiger partial charge < -0.3 is 14.0 Å². The van der Waals surface area contributed by atoms with Crippen LogP contribution in [0.3, 0.4) is 0 Å². The lowest BCUT2D eigenvalue weighted by atomic mass is 9.78. The predicted molar refractivity (Wildman–Crippen MR) is 87.0 cm³/mol. The van der Waals surface area contributed by atoms with E-state index in [0.29, 0.717) is 6.07 Å². The summed E-state index contributed by atoms with van der Waals surface area (Å²) in [4.78, 5) is 11.6. The van der Waals surface area contributed by atoms with Crippen LogP contribution in [0.5, 0.6) is 0 Å². The first-order chi connectivity index (χ1) is 10.9. The van der Waals surface area contributed by atoms with Gasteiger partial charge in [-0.3, -0.25) is 5.32 Å². The summed E-state index contributed by atoms with van der Waals surface area (Å²) in [5.74, 6) is -1.63. The van der Waals surface area contributed by atoms with Crippen molar-refractivity contribution in [3.05, 3.63) is 36.1 Å². The number of carbonyl (C=O) groups is 1. The zero-order valence-electron chi connectivity index (χ0n) is 14.3. The van der Waals surface area contributed by atoms with E-state index in [1.165, 1.54) is 6.92 Å². The standard InChI is InChI=1S/C16H20BF2NO4/c1-9(2)22-14(21)20-13-7-10(11(18)8-12(13)19)17-23-15(3,4)16(5,6)24-17/h7-8H,1H2,2-6H3,(H,20,21). The molecule has 5 nitrogen and oxygen atoms in total. The first kappa shape index (κ1) is 18.4. The molecule has 130 valence electrons. The zero-order valence-corrected chi connectivity index (χ0v) is 14.3. The molecule has 1 aromatic rings. The number of benzene rings is 1. The first-order valence-electron chi connectivity index (χ1n) is 7.42. The van der Waals surface area contributed by atoms with E-state index < -0.39 is 36.0 Å². The Hall–Kier alpha value is -1.93. The molecule has 0 radical (unpaired) electrons. The number of hydrogen-bond donors (Lipinski definition) is 1. The van der Waals surface area contributed by atoms with Crippen LogP contribution in [0.4, 0.5) is 19.3 Å². The average Bonchev–Trinajstić information content (AvgIpc) is 2.60. The predicted octanol–water partition coefficient (Wildman–Crippen LogP) is 3.35. The molecule has 1 N–H and O–H groups in total. The monoisotopic (exact) mass is 339 g/mol. The Balaban J connectivity index is 2.31. The van der Waals surface area contributed by atoms with Crippen molar-refractivity contribution in [1.29, 1.82) is 0 Å². The largest absolute Gasteiger partial charge is 0.497 e. The molecule has 0 aromatic heterocycles. The molecule has 1 saturated heterocycles. The molecule has 0 spiro atoms. The summed E-state index contributed by atoms with van der Waals surface area (Å²) in [7, 11) is -1.02. The third kappa shape index (κ3) is 3.60. The van der Waals surface area contributed by atoms with Gasteiger partial charge in [-0.1, -0.05) is 6.58 Å². The number of ether oxygens (including phenoxy) is 1. The number of nitrogens with one attached hydrogen (secondary N) is 1. The Labute approximate surface area is 140 Å². The Kier molecular flexibility index (Phi) is 4.74. The van der Waals surface area contributed by atoms with Crippen LogP contribution in [0, 0.1) is 11.6 Å². The number of halogens is 2. The van der Waals surface area contributed by atoms with Crippen molar-refractivity contribution >= 4 is 24.4 Å². The van der Waals surface area contributed by atoms with Gasteiger partial charge in [-0.25, -0.2) is 13.6 Å². The molecule has 1 aliphatic heterocycles. The lowest BCUT2D eigenvalue weighted by Crippen LogP contribution is -2.41. The fraction of sp³-hybridized carbons (Fsp3) is 0.438. The Morgan fingerprint density at radius 3 is 2.21 bits per heavy atom. The fourth-order valence-electron chi connectivity index (χ4n) is 2.11. The van der Waals surface area contributed by atoms with Crippen molar-refractivity contribution in [1.82, 2.24) is 0 Å². The highest BCUT2D eigenvalue weighted by molar-refractivity contribution is 6.62. The second kappa shape index (κ2) is 6.18. The fourth-order valence-corrected chi connectivity index (χ4v) is 2.11. The zero-order chi connectivity index (χ0) is 18.3. The van der Waals surface area contributed by atoms with E-state index in [9.17, 15) is 13.6 Å². The number of rotatable bonds is 3. The summed E-state index contributed by atoms with van der Waals surface area (Å²) in [6.45, 7) is 12.1. The van der Waals surface area contributed by atoms with Crippen molar-refractivity contribution in [3.8, 4) is 0 Å². The van der Waals surface area contributed by atoms with Crippen LogP contribution in [0.1, 0.15) is 34.6 Å². The van der Waals surface area contributed by atoms with Crippen molar-refractivity contribution in [2.45, 2.75) is 45.8 Å². The minimum absolute atomic E-state index is 0.0133. The molecular weight excluding hydrogens is 319 g/mol. The maximum absolute atomic E-state index is 14.2. The topological polar surface area (TPSA) is 56.8 Å². The second-order valence-electron chi connectivity index (χ2n) is 6.66. The van der Waals surface area contributed by atoms with Crippen LogP contribution in [0.2, 0.25) is 0 Å². The van der Waals surface area contributed by atoms with Crippen molar-refractivity contribution in [3.63, 3.8) is 0 Å². The minimum atomic E-state index is -1.02. The second-order valence-corrected chi connectivity index (χ2v) is 6.66. The van der Waals surface area contributed by atoms with E-state index in [1.54, 1.807) is 0 Å². The van der Waals surface area contributed by atoms with E-state index in [4.69, 9.17) is 14.0 Å². The average molecular weight is 339 g/mol. The van der Waals surface area contributed by atoms with Crippen LogP contribution in [0.25, 0.3) is 0 Å². The summed E-state index contributed by atoms with van der Waals surface area (Å²) in [5, 5.41) is 2.20. The summed E-state index contributed by atoms with van der Waals surface area (Å²) in [6, 6.07) is 1.79. The Morgan fingerprint density at radius 1 is 1.17 bits per heavy atom. The normalized spacial score (nSPS) is 18.4. The lowest BCUT2D eigenvalue weighted by molar-refractivity contribution is 0.00578. The summed E-state index contributed by atoms with van der Waals surface area (Å²) < 4.78 is 44.3. The van der Waals surface area contributed by atoms with Gasteiger partial charge in [0.05, 0.1) is 22.6 Å². The number of carbonyl (C=O) groups excluding carboxylic acids is 1. The molecule has 24 heavy (non-hydrogen) atoms. The third-order valence-electron chi connectivity index (χ3n) is 4.10. The van der Waals surface area contributed by atoms with Crippen molar-refractivity contribution < 1.29 is 27.6 Å². The molecule has 0 atom stereocenters. The highest BCUT2D eigenvalue weighted by Gasteiger charge is 2.52. The molecule has 1 aliphatic rings. The molecule has 2 rings (SSSR count). The SMILES string of the molecule is C=C(C)OC(=O)Nc1cc(B2OC(C)(C)C(C)(C)O2)c(F)cc1F. The quantitative estimate of drug-likeness (QED) is 0.678. The maximum atomic E-state index is 14.2. The van der Waals surface area contributed by atoms with Gasteiger partial charge in [0, 0.05) is 11.5 Å². The molecule has 1 amide bonds. The van der Waals surface area contributed by atoms with Gasteiger partial charge in [0.15, 0.2) is 0 Å². The molecule has 0 saturated carbocycles. The number of amides is 1. The number of hydrogen-bond acceptors (Lipinski definition) is 4. The van der Waals surface area contributed by atoms with Gasteiger partial charge in [-0.2, -0.15) is 0 Å². The van der Waals surface area contributed by atoms with Crippen molar-refractivity contribution in [2.24, 2.45) is 0 Å². The molecule has 0 bridgehead atoms. The minimum Gasteiger partial charge on any atom is -0.416 e. The number of allylic oxidation sites excluding steroid dienone is 1. The number of anilines is 1. The molecule has 1 heterocycles. The van der Waals surface area contributed by atoms with Crippen molar-refractivity contribution in [2.75, 3.05) is 5.32 Å². The van der Waals surface area contributed by atoms with Crippen LogP contribution in [-0.4, -0.2) is 24.4 Å². The highest BCUT2D eigenvalue weighted by atomic mass is 19.1. The lowest BCUT2D eigenvalue weighted by Gasteiger charge is -2.32. The Bertz CT molecular complexity index is 675. The summed E-state index contributed by atoms with van der Waals surface area (Å²) in [5.41, 5.74) is -1.61.